The molecule has 0 aliphatic heterocycles. The number of nitrogen functional groups attached to an aromatic ring is 1. The van der Waals surface area contributed by atoms with Crippen molar-refractivity contribution in [3.8, 4) is 0 Å². The second-order valence-electron chi connectivity index (χ2n) is 5.07. The van der Waals surface area contributed by atoms with Crippen LogP contribution in [0.15, 0.2) is 0 Å². The Morgan fingerprint density at radius 1 is 1.38 bits per heavy atom. The van der Waals surface area contributed by atoms with Crippen molar-refractivity contribution in [1.29, 1.82) is 0 Å². The summed E-state index contributed by atoms with van der Waals surface area (Å²) in [6.45, 7) is 7.32. The number of methoxy groups -OCH3 is 1. The highest BCUT2D eigenvalue weighted by molar-refractivity contribution is 7.19. The maximum Gasteiger partial charge on any atom is 0.343 e. The van der Waals surface area contributed by atoms with Crippen LogP contribution in [0.3, 0.4) is 0 Å². The van der Waals surface area contributed by atoms with Gasteiger partial charge in [0.25, 0.3) is 5.91 Å². The van der Waals surface area contributed by atoms with Gasteiger partial charge in [0.05, 0.1) is 12.8 Å². The summed E-state index contributed by atoms with van der Waals surface area (Å²) >= 11 is 1.18. The van der Waals surface area contributed by atoms with Gasteiger partial charge in [-0.3, -0.25) is 4.79 Å². The third kappa shape index (κ3) is 4.35. The van der Waals surface area contributed by atoms with E-state index in [4.69, 9.17) is 10.5 Å². The second-order valence-corrected chi connectivity index (χ2v) is 6.09. The lowest BCUT2D eigenvalue weighted by atomic mass is 10.2. The number of carbonyl (C=O) groups excluding carboxylic acids is 2. The van der Waals surface area contributed by atoms with Gasteiger partial charge in [0, 0.05) is 13.1 Å². The fourth-order valence-corrected chi connectivity index (χ4v) is 2.69. The molecule has 0 aliphatic rings. The zero-order chi connectivity index (χ0) is 16.0. The minimum atomic E-state index is -0.537. The van der Waals surface area contributed by atoms with Gasteiger partial charge in [-0.2, -0.15) is 0 Å². The molecule has 1 rings (SSSR count). The van der Waals surface area contributed by atoms with E-state index in [2.05, 4.69) is 24.5 Å². The first-order valence-electron chi connectivity index (χ1n) is 6.94. The summed E-state index contributed by atoms with van der Waals surface area (Å²) < 4.78 is 4.75. The molecule has 7 heteroatoms. The number of esters is 1. The van der Waals surface area contributed by atoms with Crippen molar-refractivity contribution < 1.29 is 14.3 Å². The molecule has 6 nitrogen and oxygen atoms in total. The molecule has 0 fully saturated rings. The highest BCUT2D eigenvalue weighted by atomic mass is 32.1. The lowest BCUT2D eigenvalue weighted by molar-refractivity contribution is 0.0603. The second kappa shape index (κ2) is 7.87. The van der Waals surface area contributed by atoms with Crippen molar-refractivity contribution in [2.24, 2.45) is 5.92 Å². The van der Waals surface area contributed by atoms with Crippen LogP contribution < -0.4 is 16.4 Å². The Balaban J connectivity index is 3.10. The quantitative estimate of drug-likeness (QED) is 0.672. The van der Waals surface area contributed by atoms with Crippen LogP contribution >= 0.6 is 11.3 Å². The van der Waals surface area contributed by atoms with Gasteiger partial charge in [0.2, 0.25) is 0 Å². The molecule has 1 aromatic heterocycles. The van der Waals surface area contributed by atoms with E-state index in [1.54, 1.807) is 0 Å². The Kier molecular flexibility index (Phi) is 6.48. The molecule has 118 valence electrons. The number of nitrogens with two attached hydrogens (primary N) is 1. The fraction of sp³-hybridized carbons (Fsp3) is 0.571. The smallest absolute Gasteiger partial charge is 0.343 e. The van der Waals surface area contributed by atoms with Gasteiger partial charge < -0.3 is 21.1 Å². The van der Waals surface area contributed by atoms with Gasteiger partial charge in [-0.15, -0.1) is 11.3 Å². The van der Waals surface area contributed by atoms with E-state index in [0.717, 1.165) is 6.42 Å². The van der Waals surface area contributed by atoms with E-state index in [1.165, 1.54) is 18.4 Å². The molecule has 0 saturated carbocycles. The van der Waals surface area contributed by atoms with Crippen molar-refractivity contribution in [1.82, 2.24) is 5.32 Å². The monoisotopic (exact) mass is 313 g/mol. The normalized spacial score (nSPS) is 10.5. The zero-order valence-electron chi connectivity index (χ0n) is 12.9. The third-order valence-corrected chi connectivity index (χ3v) is 3.91. The Morgan fingerprint density at radius 2 is 2.05 bits per heavy atom. The van der Waals surface area contributed by atoms with E-state index in [1.807, 2.05) is 6.92 Å². The minimum Gasteiger partial charge on any atom is -0.465 e. The Hall–Kier alpha value is -1.76. The maximum absolute atomic E-state index is 12.1. The van der Waals surface area contributed by atoms with Crippen LogP contribution in [0.2, 0.25) is 0 Å². The van der Waals surface area contributed by atoms with Crippen LogP contribution in [0.4, 0.5) is 10.7 Å². The summed E-state index contributed by atoms with van der Waals surface area (Å²) in [5, 5.41) is 6.50. The molecule has 0 aromatic carbocycles. The molecule has 21 heavy (non-hydrogen) atoms. The largest absolute Gasteiger partial charge is 0.465 e. The first kappa shape index (κ1) is 17.3. The third-order valence-electron chi connectivity index (χ3n) is 2.75. The molecule has 0 bridgehead atoms. The molecule has 0 aliphatic carbocycles. The van der Waals surface area contributed by atoms with Crippen LogP contribution in [0, 0.1) is 5.92 Å². The van der Waals surface area contributed by atoms with Crippen LogP contribution in [-0.2, 0) is 4.74 Å². The molecular formula is C14H23N3O3S. The van der Waals surface area contributed by atoms with Crippen molar-refractivity contribution in [3.05, 3.63) is 10.4 Å². The number of ether oxygens (including phenoxy) is 1. The van der Waals surface area contributed by atoms with Crippen molar-refractivity contribution in [3.63, 3.8) is 0 Å². The first-order chi connectivity index (χ1) is 9.92. The molecule has 1 aromatic rings. The average molecular weight is 313 g/mol. The summed E-state index contributed by atoms with van der Waals surface area (Å²) in [7, 11) is 1.29. The topological polar surface area (TPSA) is 93.5 Å². The SMILES string of the molecule is CCCNC(=O)c1sc(NCC(C)C)c(C(=O)OC)c1N. The molecular weight excluding hydrogens is 290 g/mol. The summed E-state index contributed by atoms with van der Waals surface area (Å²) in [6, 6.07) is 0. The fourth-order valence-electron chi connectivity index (χ4n) is 1.66. The van der Waals surface area contributed by atoms with Gasteiger partial charge in [-0.25, -0.2) is 4.79 Å². The van der Waals surface area contributed by atoms with Crippen LogP contribution in [0.25, 0.3) is 0 Å². The first-order valence-corrected chi connectivity index (χ1v) is 7.76. The number of carbonyl (C=O) groups is 2. The molecule has 4 N–H and O–H groups in total. The summed E-state index contributed by atoms with van der Waals surface area (Å²) in [5.41, 5.74) is 6.38. The van der Waals surface area contributed by atoms with E-state index in [0.29, 0.717) is 28.9 Å². The van der Waals surface area contributed by atoms with Crippen molar-refractivity contribution in [2.75, 3.05) is 31.2 Å². The number of rotatable bonds is 7. The van der Waals surface area contributed by atoms with Crippen LogP contribution in [0.5, 0.6) is 0 Å². The zero-order valence-corrected chi connectivity index (χ0v) is 13.7. The van der Waals surface area contributed by atoms with Crippen molar-refractivity contribution >= 4 is 33.9 Å². The van der Waals surface area contributed by atoms with Gasteiger partial charge in [0.15, 0.2) is 0 Å². The highest BCUT2D eigenvalue weighted by Gasteiger charge is 2.26. The van der Waals surface area contributed by atoms with Gasteiger partial charge in [-0.1, -0.05) is 20.8 Å². The van der Waals surface area contributed by atoms with Gasteiger partial charge in [-0.05, 0) is 12.3 Å². The lowest BCUT2D eigenvalue weighted by Gasteiger charge is -2.08. The van der Waals surface area contributed by atoms with Crippen LogP contribution in [0.1, 0.15) is 47.2 Å². The summed E-state index contributed by atoms with van der Waals surface area (Å²) in [4.78, 5) is 24.3. The summed E-state index contributed by atoms with van der Waals surface area (Å²) in [5.74, 6) is -0.400. The Bertz CT molecular complexity index is 512. The average Bonchev–Trinajstić information content (AvgIpc) is 2.78. The predicted molar refractivity (Wildman–Crippen MR) is 86.0 cm³/mol. The van der Waals surface area contributed by atoms with E-state index >= 15 is 0 Å². The van der Waals surface area contributed by atoms with Gasteiger partial charge in [0.1, 0.15) is 15.4 Å². The van der Waals surface area contributed by atoms with E-state index < -0.39 is 5.97 Å². The van der Waals surface area contributed by atoms with E-state index in [9.17, 15) is 9.59 Å². The summed E-state index contributed by atoms with van der Waals surface area (Å²) in [6.07, 6.45) is 0.833. The number of thiophene rings is 1. The molecule has 0 spiro atoms. The van der Waals surface area contributed by atoms with E-state index in [-0.39, 0.29) is 17.2 Å². The Morgan fingerprint density at radius 3 is 2.57 bits per heavy atom. The molecule has 0 atom stereocenters. The number of anilines is 2. The van der Waals surface area contributed by atoms with Gasteiger partial charge >= 0.3 is 5.97 Å². The highest BCUT2D eigenvalue weighted by Crippen LogP contribution is 2.36. The number of amides is 1. The number of hydrogen-bond donors (Lipinski definition) is 3. The molecule has 1 amide bonds. The predicted octanol–water partition coefficient (Wildman–Crippen LogP) is 2.32. The molecule has 1 heterocycles. The number of nitrogens with one attached hydrogen (secondary N) is 2. The maximum atomic E-state index is 12.1. The standard InChI is InChI=1S/C14H23N3O3S/c1-5-6-16-12(18)11-10(15)9(14(19)20-4)13(21-11)17-7-8(2)3/h8,17H,5-7,15H2,1-4H3,(H,16,18). The molecule has 0 unspecified atom stereocenters. The number of hydrogen-bond acceptors (Lipinski definition) is 6. The van der Waals surface area contributed by atoms with Crippen LogP contribution in [-0.4, -0.2) is 32.1 Å². The Labute approximate surface area is 129 Å². The molecule has 0 radical (unpaired) electrons. The molecule has 0 saturated heterocycles. The lowest BCUT2D eigenvalue weighted by Crippen LogP contribution is -2.24. The van der Waals surface area contributed by atoms with Crippen molar-refractivity contribution in [2.45, 2.75) is 27.2 Å². The minimum absolute atomic E-state index is 0.173.